The van der Waals surface area contributed by atoms with E-state index in [1.807, 2.05) is 36.7 Å². The van der Waals surface area contributed by atoms with Crippen molar-refractivity contribution in [3.63, 3.8) is 0 Å². The van der Waals surface area contributed by atoms with Crippen LogP contribution in [0.15, 0.2) is 30.3 Å². The number of carbonyl (C=O) groups excluding carboxylic acids is 1. The second-order valence-electron chi connectivity index (χ2n) is 6.23. The van der Waals surface area contributed by atoms with E-state index in [1.165, 1.54) is 4.90 Å². The Hall–Kier alpha value is -2.63. The van der Waals surface area contributed by atoms with E-state index in [4.69, 9.17) is 0 Å². The van der Waals surface area contributed by atoms with Gasteiger partial charge in [-0.2, -0.15) is 5.10 Å². The lowest BCUT2D eigenvalue weighted by atomic mass is 10.0. The molecule has 0 spiro atoms. The summed E-state index contributed by atoms with van der Waals surface area (Å²) in [6.45, 7) is 4.41. The molecular formula is C18H21N3O3. The maximum absolute atomic E-state index is 12.7. The van der Waals surface area contributed by atoms with Crippen molar-refractivity contribution < 1.29 is 14.7 Å². The topological polar surface area (TPSA) is 75.4 Å². The fourth-order valence-corrected chi connectivity index (χ4v) is 3.23. The Bertz CT molecular complexity index is 764. The van der Waals surface area contributed by atoms with Crippen molar-refractivity contribution >= 4 is 11.9 Å². The molecule has 0 saturated carbocycles. The molecule has 1 fully saturated rings. The number of hydrogen-bond donors (Lipinski definition) is 1. The first kappa shape index (κ1) is 16.2. The van der Waals surface area contributed by atoms with E-state index >= 15 is 0 Å². The van der Waals surface area contributed by atoms with Crippen LogP contribution in [0.5, 0.6) is 0 Å². The number of aryl methyl sites for hydroxylation is 2. The first-order chi connectivity index (χ1) is 11.5. The first-order valence-electron chi connectivity index (χ1n) is 8.15. The summed E-state index contributed by atoms with van der Waals surface area (Å²) in [5.41, 5.74) is 3.35. The zero-order chi connectivity index (χ0) is 17.3. The van der Waals surface area contributed by atoms with Gasteiger partial charge in [-0.3, -0.25) is 4.79 Å². The molecule has 1 aliphatic heterocycles. The maximum Gasteiger partial charge on any atom is 0.326 e. The van der Waals surface area contributed by atoms with Crippen LogP contribution in [-0.4, -0.2) is 44.3 Å². The molecule has 0 unspecified atom stereocenters. The molecule has 1 aromatic heterocycles. The number of nitrogens with zero attached hydrogens (tertiary/aromatic N) is 3. The van der Waals surface area contributed by atoms with E-state index in [0.717, 1.165) is 29.9 Å². The van der Waals surface area contributed by atoms with E-state index in [0.29, 0.717) is 18.5 Å². The van der Waals surface area contributed by atoms with Crippen LogP contribution in [0.3, 0.4) is 0 Å². The lowest BCUT2D eigenvalue weighted by Crippen LogP contribution is -2.47. The van der Waals surface area contributed by atoms with Crippen molar-refractivity contribution in [2.45, 2.75) is 39.2 Å². The molecule has 1 saturated heterocycles. The van der Waals surface area contributed by atoms with Crippen LogP contribution in [-0.2, 0) is 4.79 Å². The number of likely N-dealkylation sites (tertiary alicyclic amines) is 1. The fraction of sp³-hybridized carbons (Fsp3) is 0.389. The van der Waals surface area contributed by atoms with Gasteiger partial charge in [0, 0.05) is 17.8 Å². The molecule has 0 radical (unpaired) electrons. The van der Waals surface area contributed by atoms with E-state index in [2.05, 4.69) is 5.10 Å². The average Bonchev–Trinajstić information content (AvgIpc) is 2.92. The number of piperidine rings is 1. The second-order valence-corrected chi connectivity index (χ2v) is 6.23. The van der Waals surface area contributed by atoms with Gasteiger partial charge in [-0.25, -0.2) is 9.48 Å². The molecule has 126 valence electrons. The monoisotopic (exact) mass is 327 g/mol. The summed E-state index contributed by atoms with van der Waals surface area (Å²) in [5, 5.41) is 13.7. The highest BCUT2D eigenvalue weighted by Crippen LogP contribution is 2.21. The van der Waals surface area contributed by atoms with Crippen LogP contribution < -0.4 is 0 Å². The van der Waals surface area contributed by atoms with Crippen LogP contribution in [0, 0.1) is 13.8 Å². The number of carbonyl (C=O) groups is 2. The molecule has 6 nitrogen and oxygen atoms in total. The zero-order valence-corrected chi connectivity index (χ0v) is 13.9. The summed E-state index contributed by atoms with van der Waals surface area (Å²) in [6.07, 6.45) is 2.21. The standard InChI is InChI=1S/C18H21N3O3/c1-12-11-13(2)21(19-12)15-8-6-14(7-9-15)17(22)20-10-4-3-5-16(20)18(23)24/h6-9,11,16H,3-5,10H2,1-2H3,(H,23,24)/t16-/m1/s1. The van der Waals surface area contributed by atoms with Gasteiger partial charge >= 0.3 is 5.97 Å². The Balaban J connectivity index is 1.83. The average molecular weight is 327 g/mol. The van der Waals surface area contributed by atoms with Gasteiger partial charge in [0.25, 0.3) is 5.91 Å². The SMILES string of the molecule is Cc1cc(C)n(-c2ccc(C(=O)N3CCCC[C@@H]3C(=O)O)cc2)n1. The Kier molecular flexibility index (Phi) is 4.38. The molecule has 1 N–H and O–H groups in total. The minimum absolute atomic E-state index is 0.220. The molecule has 1 atom stereocenters. The van der Waals surface area contributed by atoms with Gasteiger partial charge in [-0.05, 0) is 63.4 Å². The summed E-state index contributed by atoms with van der Waals surface area (Å²) >= 11 is 0. The zero-order valence-electron chi connectivity index (χ0n) is 13.9. The Labute approximate surface area is 140 Å². The van der Waals surface area contributed by atoms with E-state index in [1.54, 1.807) is 12.1 Å². The highest BCUT2D eigenvalue weighted by Gasteiger charge is 2.32. The smallest absolute Gasteiger partial charge is 0.326 e. The van der Waals surface area contributed by atoms with Crippen LogP contribution in [0.4, 0.5) is 0 Å². The van der Waals surface area contributed by atoms with Crippen LogP contribution in [0.1, 0.15) is 41.0 Å². The van der Waals surface area contributed by atoms with Gasteiger partial charge < -0.3 is 10.0 Å². The van der Waals surface area contributed by atoms with Crippen molar-refractivity contribution in [2.75, 3.05) is 6.54 Å². The minimum atomic E-state index is -0.928. The van der Waals surface area contributed by atoms with E-state index in [9.17, 15) is 14.7 Å². The lowest BCUT2D eigenvalue weighted by Gasteiger charge is -2.33. The summed E-state index contributed by atoms with van der Waals surface area (Å²) in [4.78, 5) is 25.5. The number of hydrogen-bond acceptors (Lipinski definition) is 3. The quantitative estimate of drug-likeness (QED) is 0.940. The molecule has 3 rings (SSSR count). The number of carboxylic acid groups (broad SMARTS) is 1. The highest BCUT2D eigenvalue weighted by atomic mass is 16.4. The molecule has 24 heavy (non-hydrogen) atoms. The van der Waals surface area contributed by atoms with E-state index in [-0.39, 0.29) is 5.91 Å². The number of amides is 1. The molecule has 0 bridgehead atoms. The van der Waals surface area contributed by atoms with Crippen LogP contribution >= 0.6 is 0 Å². The molecule has 0 aliphatic carbocycles. The van der Waals surface area contributed by atoms with Gasteiger partial charge in [0.1, 0.15) is 6.04 Å². The molecule has 2 heterocycles. The van der Waals surface area contributed by atoms with Gasteiger partial charge in [-0.1, -0.05) is 0 Å². The fourth-order valence-electron chi connectivity index (χ4n) is 3.23. The maximum atomic E-state index is 12.7. The Morgan fingerprint density at radius 2 is 1.88 bits per heavy atom. The number of benzene rings is 1. The summed E-state index contributed by atoms with van der Waals surface area (Å²) in [5.74, 6) is -1.15. The van der Waals surface area contributed by atoms with E-state index < -0.39 is 12.0 Å². The van der Waals surface area contributed by atoms with Gasteiger partial charge in [-0.15, -0.1) is 0 Å². The minimum Gasteiger partial charge on any atom is -0.480 e. The molecule has 1 aromatic carbocycles. The normalized spacial score (nSPS) is 17.8. The lowest BCUT2D eigenvalue weighted by molar-refractivity contribution is -0.143. The van der Waals surface area contributed by atoms with Gasteiger partial charge in [0.05, 0.1) is 11.4 Å². The Morgan fingerprint density at radius 3 is 2.46 bits per heavy atom. The summed E-state index contributed by atoms with van der Waals surface area (Å²) < 4.78 is 1.82. The number of aliphatic carboxylic acids is 1. The van der Waals surface area contributed by atoms with Crippen LogP contribution in [0.2, 0.25) is 0 Å². The first-order valence-corrected chi connectivity index (χ1v) is 8.15. The molecule has 1 aliphatic rings. The van der Waals surface area contributed by atoms with Crippen molar-refractivity contribution in [3.8, 4) is 5.69 Å². The number of aromatic nitrogens is 2. The van der Waals surface area contributed by atoms with Crippen molar-refractivity contribution in [3.05, 3.63) is 47.3 Å². The molecule has 1 amide bonds. The predicted molar refractivity (Wildman–Crippen MR) is 89.3 cm³/mol. The molecule has 6 heteroatoms. The predicted octanol–water partition coefficient (Wildman–Crippen LogP) is 2.57. The second kappa shape index (κ2) is 6.47. The number of rotatable bonds is 3. The van der Waals surface area contributed by atoms with Gasteiger partial charge in [0.2, 0.25) is 0 Å². The third-order valence-corrected chi connectivity index (χ3v) is 4.42. The van der Waals surface area contributed by atoms with Crippen molar-refractivity contribution in [1.82, 2.24) is 14.7 Å². The largest absolute Gasteiger partial charge is 0.480 e. The van der Waals surface area contributed by atoms with Crippen LogP contribution in [0.25, 0.3) is 5.69 Å². The van der Waals surface area contributed by atoms with Crippen molar-refractivity contribution in [1.29, 1.82) is 0 Å². The summed E-state index contributed by atoms with van der Waals surface area (Å²) in [7, 11) is 0. The van der Waals surface area contributed by atoms with Crippen molar-refractivity contribution in [2.24, 2.45) is 0 Å². The molecular weight excluding hydrogens is 306 g/mol. The summed E-state index contributed by atoms with van der Waals surface area (Å²) in [6, 6.07) is 8.42. The van der Waals surface area contributed by atoms with Gasteiger partial charge in [0.15, 0.2) is 0 Å². The third kappa shape index (κ3) is 3.04. The molecule has 2 aromatic rings. The Morgan fingerprint density at radius 1 is 1.17 bits per heavy atom. The third-order valence-electron chi connectivity index (χ3n) is 4.42. The number of carboxylic acids is 1. The highest BCUT2D eigenvalue weighted by molar-refractivity contribution is 5.96.